The minimum absolute atomic E-state index is 0.202. The van der Waals surface area contributed by atoms with E-state index in [9.17, 15) is 14.4 Å². The number of hydrogen-bond acceptors (Lipinski definition) is 5. The molecule has 0 N–H and O–H groups in total. The average molecular weight is 306 g/mol. The van der Waals surface area contributed by atoms with Crippen LogP contribution in [0.4, 0.5) is 0 Å². The fourth-order valence-electron chi connectivity index (χ4n) is 1.92. The fourth-order valence-corrected chi connectivity index (χ4v) is 1.92. The monoisotopic (exact) mass is 306 g/mol. The third-order valence-electron chi connectivity index (χ3n) is 3.20. The first-order valence-electron chi connectivity index (χ1n) is 7.44. The second-order valence-corrected chi connectivity index (χ2v) is 4.94. The molecule has 120 valence electrons. The number of benzene rings is 1. The van der Waals surface area contributed by atoms with Crippen molar-refractivity contribution in [2.75, 3.05) is 13.7 Å². The first kappa shape index (κ1) is 17.9. The van der Waals surface area contributed by atoms with Crippen LogP contribution in [0, 0.1) is 0 Å². The summed E-state index contributed by atoms with van der Waals surface area (Å²) in [6.07, 6.45) is 3.87. The SMILES string of the molecule is COC(=O)CCCCCCC(=O)OCC(=O)c1ccccc1. The Kier molecular flexibility index (Phi) is 8.57. The highest BCUT2D eigenvalue weighted by Gasteiger charge is 2.09. The Hall–Kier alpha value is -2.17. The van der Waals surface area contributed by atoms with Gasteiger partial charge in [0.25, 0.3) is 0 Å². The summed E-state index contributed by atoms with van der Waals surface area (Å²) in [6.45, 7) is -0.217. The van der Waals surface area contributed by atoms with E-state index in [-0.39, 0.29) is 24.3 Å². The molecule has 0 aliphatic rings. The van der Waals surface area contributed by atoms with Gasteiger partial charge in [-0.3, -0.25) is 14.4 Å². The number of unbranched alkanes of at least 4 members (excludes halogenated alkanes) is 3. The van der Waals surface area contributed by atoms with Gasteiger partial charge in [0.15, 0.2) is 12.4 Å². The van der Waals surface area contributed by atoms with Gasteiger partial charge in [0, 0.05) is 18.4 Å². The number of hydrogen-bond donors (Lipinski definition) is 0. The van der Waals surface area contributed by atoms with Gasteiger partial charge in [0.05, 0.1) is 7.11 Å². The van der Waals surface area contributed by atoms with Gasteiger partial charge < -0.3 is 9.47 Å². The van der Waals surface area contributed by atoms with Crippen molar-refractivity contribution >= 4 is 17.7 Å². The van der Waals surface area contributed by atoms with Crippen LogP contribution < -0.4 is 0 Å². The van der Waals surface area contributed by atoms with Crippen LogP contribution in [0.1, 0.15) is 48.9 Å². The van der Waals surface area contributed by atoms with E-state index in [4.69, 9.17) is 4.74 Å². The number of ketones is 1. The quantitative estimate of drug-likeness (QED) is 0.377. The van der Waals surface area contributed by atoms with Crippen LogP contribution in [0.2, 0.25) is 0 Å². The fraction of sp³-hybridized carbons (Fsp3) is 0.471. The summed E-state index contributed by atoms with van der Waals surface area (Å²) < 4.78 is 9.50. The Balaban J connectivity index is 2.07. The zero-order valence-electron chi connectivity index (χ0n) is 12.9. The maximum absolute atomic E-state index is 11.7. The largest absolute Gasteiger partial charge is 0.469 e. The zero-order chi connectivity index (χ0) is 16.2. The molecular formula is C17H22O5. The molecule has 0 aliphatic heterocycles. The smallest absolute Gasteiger partial charge is 0.306 e. The zero-order valence-corrected chi connectivity index (χ0v) is 12.9. The van der Waals surface area contributed by atoms with E-state index in [1.807, 2.05) is 6.07 Å². The highest BCUT2D eigenvalue weighted by molar-refractivity contribution is 5.97. The summed E-state index contributed by atoms with van der Waals surface area (Å²) in [5.41, 5.74) is 0.540. The van der Waals surface area contributed by atoms with Crippen LogP contribution in [0.15, 0.2) is 30.3 Å². The Labute approximate surface area is 130 Å². The number of ether oxygens (including phenoxy) is 2. The van der Waals surface area contributed by atoms with E-state index >= 15 is 0 Å². The van der Waals surface area contributed by atoms with E-state index in [1.165, 1.54) is 7.11 Å². The van der Waals surface area contributed by atoms with Crippen LogP contribution in [-0.2, 0) is 19.1 Å². The van der Waals surface area contributed by atoms with E-state index in [0.29, 0.717) is 24.8 Å². The molecule has 1 aromatic carbocycles. The van der Waals surface area contributed by atoms with Crippen LogP contribution >= 0.6 is 0 Å². The number of Topliss-reactive ketones (excluding diaryl/α,β-unsaturated/α-hetero) is 1. The molecule has 0 aliphatic carbocycles. The Bertz CT molecular complexity index is 481. The summed E-state index contributed by atoms with van der Waals surface area (Å²) in [5.74, 6) is -0.775. The first-order valence-corrected chi connectivity index (χ1v) is 7.44. The van der Waals surface area contributed by atoms with Gasteiger partial charge in [-0.15, -0.1) is 0 Å². The minimum Gasteiger partial charge on any atom is -0.469 e. The van der Waals surface area contributed by atoms with E-state index in [1.54, 1.807) is 24.3 Å². The maximum atomic E-state index is 11.7. The molecule has 1 aromatic rings. The minimum atomic E-state index is -0.364. The standard InChI is InChI=1S/C17H22O5/c1-21-16(19)11-7-2-3-8-12-17(20)22-13-15(18)14-9-5-4-6-10-14/h4-6,9-10H,2-3,7-8,11-13H2,1H3. The van der Waals surface area contributed by atoms with Crippen molar-refractivity contribution in [1.82, 2.24) is 0 Å². The van der Waals surface area contributed by atoms with Crippen molar-refractivity contribution in [2.45, 2.75) is 38.5 Å². The van der Waals surface area contributed by atoms with Crippen molar-refractivity contribution in [3.05, 3.63) is 35.9 Å². The first-order chi connectivity index (χ1) is 10.6. The number of methoxy groups -OCH3 is 1. The molecule has 0 spiro atoms. The highest BCUT2D eigenvalue weighted by Crippen LogP contribution is 2.07. The third-order valence-corrected chi connectivity index (χ3v) is 3.20. The predicted molar refractivity (Wildman–Crippen MR) is 81.4 cm³/mol. The summed E-state index contributed by atoms with van der Waals surface area (Å²) in [6, 6.07) is 8.74. The van der Waals surface area contributed by atoms with Crippen molar-refractivity contribution in [1.29, 1.82) is 0 Å². The van der Waals surface area contributed by atoms with Crippen molar-refractivity contribution < 1.29 is 23.9 Å². The van der Waals surface area contributed by atoms with Crippen LogP contribution in [-0.4, -0.2) is 31.4 Å². The molecule has 1 rings (SSSR count). The summed E-state index contributed by atoms with van der Waals surface area (Å²) in [5, 5.41) is 0. The van der Waals surface area contributed by atoms with Gasteiger partial charge >= 0.3 is 11.9 Å². The third kappa shape index (κ3) is 7.57. The summed E-state index contributed by atoms with van der Waals surface area (Å²) >= 11 is 0. The maximum Gasteiger partial charge on any atom is 0.306 e. The number of carbonyl (C=O) groups excluding carboxylic acids is 3. The van der Waals surface area contributed by atoms with Crippen molar-refractivity contribution in [2.24, 2.45) is 0 Å². The van der Waals surface area contributed by atoms with E-state index in [2.05, 4.69) is 4.74 Å². The number of carbonyl (C=O) groups is 3. The van der Waals surface area contributed by atoms with E-state index < -0.39 is 0 Å². The predicted octanol–water partition coefficient (Wildman–Crippen LogP) is 2.93. The average Bonchev–Trinajstić information content (AvgIpc) is 2.56. The lowest BCUT2D eigenvalue weighted by molar-refractivity contribution is -0.143. The molecule has 0 heterocycles. The van der Waals surface area contributed by atoms with Gasteiger partial charge in [-0.25, -0.2) is 0 Å². The topological polar surface area (TPSA) is 69.7 Å². The molecule has 5 nitrogen and oxygen atoms in total. The van der Waals surface area contributed by atoms with Gasteiger partial charge in [-0.05, 0) is 12.8 Å². The molecule has 0 amide bonds. The lowest BCUT2D eigenvalue weighted by atomic mass is 10.1. The van der Waals surface area contributed by atoms with Gasteiger partial charge in [0.1, 0.15) is 0 Å². The normalized spacial score (nSPS) is 10.0. The summed E-state index contributed by atoms with van der Waals surface area (Å²) in [7, 11) is 1.37. The van der Waals surface area contributed by atoms with Crippen molar-refractivity contribution in [3.63, 3.8) is 0 Å². The molecule has 0 saturated carbocycles. The molecule has 0 unspecified atom stereocenters. The highest BCUT2D eigenvalue weighted by atomic mass is 16.5. The molecule has 0 radical (unpaired) electrons. The second-order valence-electron chi connectivity index (χ2n) is 4.94. The molecule has 0 atom stereocenters. The molecule has 0 bridgehead atoms. The summed E-state index contributed by atoms with van der Waals surface area (Å²) in [4.78, 5) is 34.1. The molecule has 0 aromatic heterocycles. The van der Waals surface area contributed by atoms with Gasteiger partial charge in [-0.1, -0.05) is 43.2 Å². The van der Waals surface area contributed by atoms with E-state index in [0.717, 1.165) is 19.3 Å². The van der Waals surface area contributed by atoms with Crippen LogP contribution in [0.3, 0.4) is 0 Å². The molecule has 0 saturated heterocycles. The number of esters is 2. The molecule has 22 heavy (non-hydrogen) atoms. The second kappa shape index (κ2) is 10.5. The molecule has 0 fully saturated rings. The van der Waals surface area contributed by atoms with Crippen molar-refractivity contribution in [3.8, 4) is 0 Å². The van der Waals surface area contributed by atoms with Gasteiger partial charge in [-0.2, -0.15) is 0 Å². The molecule has 5 heteroatoms. The van der Waals surface area contributed by atoms with Crippen LogP contribution in [0.25, 0.3) is 0 Å². The number of rotatable bonds is 10. The Morgan fingerprint density at radius 2 is 1.45 bits per heavy atom. The Morgan fingerprint density at radius 3 is 2.05 bits per heavy atom. The Morgan fingerprint density at radius 1 is 0.864 bits per heavy atom. The lowest BCUT2D eigenvalue weighted by Gasteiger charge is -2.04. The molecular weight excluding hydrogens is 284 g/mol. The lowest BCUT2D eigenvalue weighted by Crippen LogP contribution is -2.13. The van der Waals surface area contributed by atoms with Crippen LogP contribution in [0.5, 0.6) is 0 Å². The van der Waals surface area contributed by atoms with Gasteiger partial charge in [0.2, 0.25) is 0 Å².